The van der Waals surface area contributed by atoms with Gasteiger partial charge in [-0.25, -0.2) is 0 Å². The average molecular weight is 482 g/mol. The highest BCUT2D eigenvalue weighted by Gasteiger charge is 2.48. The highest BCUT2D eigenvalue weighted by Crippen LogP contribution is 2.52. The lowest BCUT2D eigenvalue weighted by molar-refractivity contribution is -0.0158. The Balaban J connectivity index is 1.23. The SMILES string of the molecule is CCOc1ccc(-c2cccc(NCC3CCC4(c5noc(C(C)(F)F)n5)CCCC3C4)c2)cc1. The summed E-state index contributed by atoms with van der Waals surface area (Å²) in [5.41, 5.74) is 3.21. The van der Waals surface area contributed by atoms with Crippen molar-refractivity contribution in [2.45, 2.75) is 63.7 Å². The van der Waals surface area contributed by atoms with Gasteiger partial charge in [-0.2, -0.15) is 13.8 Å². The molecule has 2 aliphatic rings. The topological polar surface area (TPSA) is 60.2 Å². The van der Waals surface area contributed by atoms with E-state index in [1.165, 1.54) is 5.56 Å². The van der Waals surface area contributed by atoms with Gasteiger partial charge in [0.05, 0.1) is 6.61 Å². The van der Waals surface area contributed by atoms with Crippen molar-refractivity contribution in [3.8, 4) is 16.9 Å². The Kier molecular flexibility index (Phi) is 6.51. The minimum Gasteiger partial charge on any atom is -0.494 e. The number of aromatic nitrogens is 2. The zero-order valence-electron chi connectivity index (χ0n) is 20.4. The van der Waals surface area contributed by atoms with Gasteiger partial charge in [0, 0.05) is 24.6 Å². The van der Waals surface area contributed by atoms with Crippen molar-refractivity contribution in [2.24, 2.45) is 11.8 Å². The molecular weight excluding hydrogens is 448 g/mol. The van der Waals surface area contributed by atoms with Crippen LogP contribution in [0.3, 0.4) is 0 Å². The van der Waals surface area contributed by atoms with Crippen LogP contribution in [0, 0.1) is 11.8 Å². The van der Waals surface area contributed by atoms with E-state index in [4.69, 9.17) is 9.26 Å². The van der Waals surface area contributed by atoms with E-state index < -0.39 is 11.8 Å². The van der Waals surface area contributed by atoms with Crippen LogP contribution in [-0.4, -0.2) is 23.3 Å². The Morgan fingerprint density at radius 2 is 1.94 bits per heavy atom. The molecule has 3 unspecified atom stereocenters. The van der Waals surface area contributed by atoms with Crippen molar-refractivity contribution in [1.82, 2.24) is 10.1 Å². The summed E-state index contributed by atoms with van der Waals surface area (Å²) >= 11 is 0. The van der Waals surface area contributed by atoms with Gasteiger partial charge >= 0.3 is 5.92 Å². The number of ether oxygens (including phenoxy) is 1. The molecule has 2 saturated carbocycles. The lowest BCUT2D eigenvalue weighted by Crippen LogP contribution is -2.43. The molecule has 2 fully saturated rings. The Morgan fingerprint density at radius 1 is 1.11 bits per heavy atom. The van der Waals surface area contributed by atoms with Gasteiger partial charge in [-0.05, 0) is 79.8 Å². The van der Waals surface area contributed by atoms with Crippen molar-refractivity contribution in [2.75, 3.05) is 18.5 Å². The van der Waals surface area contributed by atoms with Crippen molar-refractivity contribution in [1.29, 1.82) is 0 Å². The Bertz CT molecular complexity index is 1140. The largest absolute Gasteiger partial charge is 0.494 e. The van der Waals surface area contributed by atoms with E-state index >= 15 is 0 Å². The van der Waals surface area contributed by atoms with Gasteiger partial charge in [-0.1, -0.05) is 42.3 Å². The summed E-state index contributed by atoms with van der Waals surface area (Å²) in [6.45, 7) is 4.35. The third-order valence-corrected chi connectivity index (χ3v) is 7.75. The number of rotatable bonds is 8. The first-order valence-electron chi connectivity index (χ1n) is 12.7. The number of benzene rings is 2. The lowest BCUT2D eigenvalue weighted by Gasteiger charge is -2.47. The molecule has 2 aliphatic carbocycles. The van der Waals surface area contributed by atoms with E-state index in [2.05, 4.69) is 51.9 Å². The molecule has 0 spiro atoms. The van der Waals surface area contributed by atoms with Crippen LogP contribution in [0.25, 0.3) is 11.1 Å². The van der Waals surface area contributed by atoms with Crippen LogP contribution < -0.4 is 10.1 Å². The van der Waals surface area contributed by atoms with E-state index in [1.54, 1.807) is 0 Å². The highest BCUT2D eigenvalue weighted by molar-refractivity contribution is 5.68. The van der Waals surface area contributed by atoms with Gasteiger partial charge in [-0.3, -0.25) is 0 Å². The van der Waals surface area contributed by atoms with Crippen LogP contribution in [0.1, 0.15) is 64.1 Å². The standard InChI is InChI=1S/C28H33F2N3O2/c1-3-34-24-11-9-19(10-12-24)20-6-4-8-23(16-20)31-18-22-13-15-28(14-5-7-21(22)17-28)25-32-26(35-33-25)27(2,29)30/h4,6,8-12,16,21-22,31H,3,5,7,13-15,17-18H2,1-2H3. The smallest absolute Gasteiger partial charge is 0.322 e. The van der Waals surface area contributed by atoms with Crippen molar-refractivity contribution < 1.29 is 18.0 Å². The molecular formula is C28H33F2N3O2. The fourth-order valence-corrected chi connectivity index (χ4v) is 5.90. The van der Waals surface area contributed by atoms with Gasteiger partial charge in [0.2, 0.25) is 0 Å². The lowest BCUT2D eigenvalue weighted by atomic mass is 9.58. The molecule has 1 N–H and O–H groups in total. The molecule has 2 aromatic carbocycles. The number of alkyl halides is 2. The number of anilines is 1. The first-order chi connectivity index (χ1) is 16.9. The molecule has 0 radical (unpaired) electrons. The van der Waals surface area contributed by atoms with Gasteiger partial charge in [-0.15, -0.1) is 0 Å². The Morgan fingerprint density at radius 3 is 2.69 bits per heavy atom. The molecule has 5 rings (SSSR count). The summed E-state index contributed by atoms with van der Waals surface area (Å²) in [5.74, 6) is -1.24. The van der Waals surface area contributed by atoms with Crippen molar-refractivity contribution in [3.63, 3.8) is 0 Å². The highest BCUT2D eigenvalue weighted by atomic mass is 19.3. The summed E-state index contributed by atoms with van der Waals surface area (Å²) in [4.78, 5) is 4.14. The van der Waals surface area contributed by atoms with Crippen LogP contribution in [0.5, 0.6) is 5.75 Å². The molecule has 5 nitrogen and oxygen atoms in total. The average Bonchev–Trinajstić information content (AvgIpc) is 3.37. The summed E-state index contributed by atoms with van der Waals surface area (Å²) in [5, 5.41) is 7.66. The fraction of sp³-hybridized carbons (Fsp3) is 0.500. The maximum Gasteiger partial charge on any atom is 0.322 e. The second-order valence-electron chi connectivity index (χ2n) is 10.2. The summed E-state index contributed by atoms with van der Waals surface area (Å²) < 4.78 is 37.8. The molecule has 1 heterocycles. The Hall–Kier alpha value is -2.96. The van der Waals surface area contributed by atoms with Crippen LogP contribution in [0.15, 0.2) is 53.1 Å². The van der Waals surface area contributed by atoms with E-state index in [0.717, 1.165) is 69.0 Å². The maximum absolute atomic E-state index is 13.7. The predicted molar refractivity (Wildman–Crippen MR) is 132 cm³/mol. The molecule has 0 saturated heterocycles. The van der Waals surface area contributed by atoms with Crippen molar-refractivity contribution >= 4 is 5.69 Å². The second kappa shape index (κ2) is 9.59. The normalized spacial score (nSPS) is 24.2. The maximum atomic E-state index is 13.7. The number of fused-ring (bicyclic) bond motifs is 2. The van der Waals surface area contributed by atoms with Gasteiger partial charge in [0.1, 0.15) is 5.75 Å². The Labute approximate surface area is 205 Å². The van der Waals surface area contributed by atoms with Gasteiger partial charge in [0.25, 0.3) is 5.89 Å². The third kappa shape index (κ3) is 5.04. The third-order valence-electron chi connectivity index (χ3n) is 7.75. The number of nitrogens with zero attached hydrogens (tertiary/aromatic N) is 2. The molecule has 7 heteroatoms. The number of hydrogen-bond acceptors (Lipinski definition) is 5. The van der Waals surface area contributed by atoms with E-state index in [-0.39, 0.29) is 5.41 Å². The molecule has 1 aromatic heterocycles. The second-order valence-corrected chi connectivity index (χ2v) is 10.2. The summed E-state index contributed by atoms with van der Waals surface area (Å²) in [6.07, 6.45) is 6.07. The quantitative estimate of drug-likeness (QED) is 0.369. The molecule has 186 valence electrons. The molecule has 0 aliphatic heterocycles. The minimum absolute atomic E-state index is 0.222. The van der Waals surface area contributed by atoms with E-state index in [9.17, 15) is 8.78 Å². The molecule has 35 heavy (non-hydrogen) atoms. The van der Waals surface area contributed by atoms with Crippen LogP contribution >= 0.6 is 0 Å². The van der Waals surface area contributed by atoms with Crippen LogP contribution in [0.2, 0.25) is 0 Å². The predicted octanol–water partition coefficient (Wildman–Crippen LogP) is 7.20. The summed E-state index contributed by atoms with van der Waals surface area (Å²) in [6, 6.07) is 16.7. The number of hydrogen-bond donors (Lipinski definition) is 1. The van der Waals surface area contributed by atoms with Crippen molar-refractivity contribution in [3.05, 3.63) is 60.2 Å². The molecule has 0 amide bonds. The zero-order valence-corrected chi connectivity index (χ0v) is 20.4. The van der Waals surface area contributed by atoms with Crippen LogP contribution in [-0.2, 0) is 11.3 Å². The molecule has 2 bridgehead atoms. The van der Waals surface area contributed by atoms with Gasteiger partial charge in [0.15, 0.2) is 5.82 Å². The van der Waals surface area contributed by atoms with E-state index in [1.807, 2.05) is 19.1 Å². The van der Waals surface area contributed by atoms with Gasteiger partial charge < -0.3 is 14.6 Å². The first kappa shape index (κ1) is 23.8. The number of halogens is 2. The van der Waals surface area contributed by atoms with Crippen LogP contribution in [0.4, 0.5) is 14.5 Å². The molecule has 3 atom stereocenters. The molecule has 3 aromatic rings. The number of nitrogens with one attached hydrogen (secondary N) is 1. The first-order valence-corrected chi connectivity index (χ1v) is 12.7. The summed E-state index contributed by atoms with van der Waals surface area (Å²) in [7, 11) is 0. The monoisotopic (exact) mass is 481 g/mol. The minimum atomic E-state index is -3.10. The zero-order chi connectivity index (χ0) is 24.5. The fourth-order valence-electron chi connectivity index (χ4n) is 5.90. The van der Waals surface area contributed by atoms with E-state index in [0.29, 0.717) is 24.3 Å².